The second kappa shape index (κ2) is 9.26. The average molecular weight is 399 g/mol. The Morgan fingerprint density at radius 1 is 0.889 bits per heavy atom. The maximum Gasteiger partial charge on any atom is 0.331 e. The van der Waals surface area contributed by atoms with E-state index in [4.69, 9.17) is 32.7 Å². The first-order chi connectivity index (χ1) is 13.1. The van der Waals surface area contributed by atoms with Crippen LogP contribution in [-0.2, 0) is 16.1 Å². The van der Waals surface area contributed by atoms with Crippen molar-refractivity contribution < 1.29 is 14.3 Å². The van der Waals surface area contributed by atoms with Crippen LogP contribution in [0.4, 0.5) is 0 Å². The number of para-hydroxylation sites is 1. The van der Waals surface area contributed by atoms with Crippen molar-refractivity contribution >= 4 is 35.2 Å². The van der Waals surface area contributed by atoms with Crippen LogP contribution in [0.5, 0.6) is 11.5 Å². The molecule has 0 N–H and O–H groups in total. The molecule has 0 bridgehead atoms. The summed E-state index contributed by atoms with van der Waals surface area (Å²) in [6, 6.07) is 21.9. The molecule has 3 nitrogen and oxygen atoms in total. The van der Waals surface area contributed by atoms with Crippen molar-refractivity contribution in [3.05, 3.63) is 100 Å². The minimum Gasteiger partial charge on any atom is -0.458 e. The standard InChI is InChI=1S/C22H16Cl2O3/c23-18-11-9-17(21(24)14-18)10-12-22(25)26-15-16-5-4-8-20(13-16)27-19-6-2-1-3-7-19/h1-14H,15H2. The Bertz CT molecular complexity index is 953. The van der Waals surface area contributed by atoms with Crippen molar-refractivity contribution in [1.29, 1.82) is 0 Å². The summed E-state index contributed by atoms with van der Waals surface area (Å²) in [6.07, 6.45) is 2.93. The van der Waals surface area contributed by atoms with Gasteiger partial charge in [-0.1, -0.05) is 59.6 Å². The first-order valence-electron chi connectivity index (χ1n) is 8.22. The second-order valence-corrected chi connectivity index (χ2v) is 6.51. The van der Waals surface area contributed by atoms with Gasteiger partial charge >= 0.3 is 5.97 Å². The van der Waals surface area contributed by atoms with E-state index in [-0.39, 0.29) is 6.61 Å². The van der Waals surface area contributed by atoms with Crippen molar-refractivity contribution in [2.45, 2.75) is 6.61 Å². The molecule has 0 spiro atoms. The first kappa shape index (κ1) is 19.0. The Kier molecular flexibility index (Phi) is 6.53. The van der Waals surface area contributed by atoms with Gasteiger partial charge < -0.3 is 9.47 Å². The van der Waals surface area contributed by atoms with E-state index >= 15 is 0 Å². The van der Waals surface area contributed by atoms with E-state index in [0.717, 1.165) is 11.3 Å². The van der Waals surface area contributed by atoms with E-state index in [9.17, 15) is 4.79 Å². The molecular formula is C22H16Cl2O3. The number of halogens is 2. The van der Waals surface area contributed by atoms with Crippen molar-refractivity contribution in [1.82, 2.24) is 0 Å². The predicted octanol–water partition coefficient (Wildman–Crippen LogP) is 6.54. The predicted molar refractivity (Wildman–Crippen MR) is 108 cm³/mol. The molecular weight excluding hydrogens is 383 g/mol. The molecule has 136 valence electrons. The number of esters is 1. The van der Waals surface area contributed by atoms with Gasteiger partial charge in [-0.3, -0.25) is 0 Å². The highest BCUT2D eigenvalue weighted by atomic mass is 35.5. The lowest BCUT2D eigenvalue weighted by Gasteiger charge is -2.08. The molecule has 0 radical (unpaired) electrons. The normalized spacial score (nSPS) is 10.7. The lowest BCUT2D eigenvalue weighted by Crippen LogP contribution is -2.00. The molecule has 3 aromatic rings. The topological polar surface area (TPSA) is 35.5 Å². The van der Waals surface area contributed by atoms with Gasteiger partial charge in [-0.05, 0) is 53.6 Å². The van der Waals surface area contributed by atoms with E-state index in [1.807, 2.05) is 54.6 Å². The SMILES string of the molecule is O=C(C=Cc1ccc(Cl)cc1Cl)OCc1cccc(Oc2ccccc2)c1. The van der Waals surface area contributed by atoms with Crippen LogP contribution in [0.2, 0.25) is 10.0 Å². The number of hydrogen-bond acceptors (Lipinski definition) is 3. The summed E-state index contributed by atoms with van der Waals surface area (Å²) >= 11 is 11.9. The minimum absolute atomic E-state index is 0.142. The van der Waals surface area contributed by atoms with Gasteiger partial charge in [0.15, 0.2) is 0 Å². The largest absolute Gasteiger partial charge is 0.458 e. The third-order valence-corrected chi connectivity index (χ3v) is 4.18. The van der Waals surface area contributed by atoms with Crippen LogP contribution in [-0.4, -0.2) is 5.97 Å². The van der Waals surface area contributed by atoms with Crippen molar-refractivity contribution in [2.24, 2.45) is 0 Å². The van der Waals surface area contributed by atoms with Gasteiger partial charge in [-0.25, -0.2) is 4.79 Å². The molecule has 0 aliphatic rings. The third kappa shape index (κ3) is 5.88. The van der Waals surface area contributed by atoms with Crippen LogP contribution >= 0.6 is 23.2 Å². The molecule has 0 amide bonds. The van der Waals surface area contributed by atoms with Gasteiger partial charge in [-0.15, -0.1) is 0 Å². The molecule has 0 atom stereocenters. The van der Waals surface area contributed by atoms with Crippen LogP contribution in [0.25, 0.3) is 6.08 Å². The third-order valence-electron chi connectivity index (χ3n) is 3.62. The number of carbonyl (C=O) groups excluding carboxylic acids is 1. The van der Waals surface area contributed by atoms with Crippen LogP contribution in [0.15, 0.2) is 78.9 Å². The molecule has 0 aliphatic heterocycles. The molecule has 27 heavy (non-hydrogen) atoms. The van der Waals surface area contributed by atoms with Gasteiger partial charge in [0.1, 0.15) is 18.1 Å². The quantitative estimate of drug-likeness (QED) is 0.349. The molecule has 0 unspecified atom stereocenters. The molecule has 0 saturated carbocycles. The molecule has 0 saturated heterocycles. The molecule has 0 aromatic heterocycles. The van der Waals surface area contributed by atoms with Gasteiger partial charge in [0.05, 0.1) is 0 Å². The summed E-state index contributed by atoms with van der Waals surface area (Å²) < 4.78 is 11.0. The monoisotopic (exact) mass is 398 g/mol. The van der Waals surface area contributed by atoms with E-state index in [1.165, 1.54) is 6.08 Å². The molecule has 0 fully saturated rings. The van der Waals surface area contributed by atoms with Crippen molar-refractivity contribution in [3.8, 4) is 11.5 Å². The highest BCUT2D eigenvalue weighted by Crippen LogP contribution is 2.23. The molecule has 3 aromatic carbocycles. The summed E-state index contributed by atoms with van der Waals surface area (Å²) in [5, 5.41) is 1.01. The van der Waals surface area contributed by atoms with E-state index in [0.29, 0.717) is 21.4 Å². The summed E-state index contributed by atoms with van der Waals surface area (Å²) in [7, 11) is 0. The summed E-state index contributed by atoms with van der Waals surface area (Å²) in [4.78, 5) is 11.9. The minimum atomic E-state index is -0.463. The Balaban J connectivity index is 1.57. The molecule has 3 rings (SSSR count). The Morgan fingerprint density at radius 2 is 1.67 bits per heavy atom. The van der Waals surface area contributed by atoms with Crippen LogP contribution in [0.1, 0.15) is 11.1 Å². The summed E-state index contributed by atoms with van der Waals surface area (Å²) in [6.45, 7) is 0.142. The zero-order chi connectivity index (χ0) is 19.1. The lowest BCUT2D eigenvalue weighted by atomic mass is 10.2. The van der Waals surface area contributed by atoms with Gasteiger partial charge in [0.2, 0.25) is 0 Å². The Labute approximate surface area is 167 Å². The van der Waals surface area contributed by atoms with Gasteiger partial charge in [-0.2, -0.15) is 0 Å². The number of carbonyl (C=O) groups is 1. The molecule has 0 aliphatic carbocycles. The van der Waals surface area contributed by atoms with Gasteiger partial charge in [0, 0.05) is 16.1 Å². The summed E-state index contributed by atoms with van der Waals surface area (Å²) in [5.74, 6) is 0.961. The highest BCUT2D eigenvalue weighted by molar-refractivity contribution is 6.35. The summed E-state index contributed by atoms with van der Waals surface area (Å²) in [5.41, 5.74) is 1.52. The van der Waals surface area contributed by atoms with Crippen molar-refractivity contribution in [2.75, 3.05) is 0 Å². The Hall–Kier alpha value is -2.75. The number of benzene rings is 3. The zero-order valence-corrected chi connectivity index (χ0v) is 15.8. The van der Waals surface area contributed by atoms with Crippen molar-refractivity contribution in [3.63, 3.8) is 0 Å². The van der Waals surface area contributed by atoms with E-state index in [1.54, 1.807) is 24.3 Å². The highest BCUT2D eigenvalue weighted by Gasteiger charge is 2.03. The fourth-order valence-corrected chi connectivity index (χ4v) is 2.79. The smallest absolute Gasteiger partial charge is 0.331 e. The average Bonchev–Trinajstić information content (AvgIpc) is 2.67. The van der Waals surface area contributed by atoms with Crippen LogP contribution < -0.4 is 4.74 Å². The fraction of sp³-hybridized carbons (Fsp3) is 0.0455. The van der Waals surface area contributed by atoms with E-state index in [2.05, 4.69) is 0 Å². The Morgan fingerprint density at radius 3 is 2.44 bits per heavy atom. The van der Waals surface area contributed by atoms with Crippen LogP contribution in [0, 0.1) is 0 Å². The second-order valence-electron chi connectivity index (χ2n) is 5.67. The maximum absolute atomic E-state index is 11.9. The number of rotatable bonds is 6. The van der Waals surface area contributed by atoms with Gasteiger partial charge in [0.25, 0.3) is 0 Å². The zero-order valence-electron chi connectivity index (χ0n) is 14.3. The van der Waals surface area contributed by atoms with E-state index < -0.39 is 5.97 Å². The molecule has 0 heterocycles. The maximum atomic E-state index is 11.9. The number of ether oxygens (including phenoxy) is 2. The fourth-order valence-electron chi connectivity index (χ4n) is 2.32. The number of hydrogen-bond donors (Lipinski definition) is 0. The van der Waals surface area contributed by atoms with Crippen LogP contribution in [0.3, 0.4) is 0 Å². The lowest BCUT2D eigenvalue weighted by molar-refractivity contribution is -0.138. The molecule has 5 heteroatoms. The first-order valence-corrected chi connectivity index (χ1v) is 8.97.